The summed E-state index contributed by atoms with van der Waals surface area (Å²) < 4.78 is 28.1. The van der Waals surface area contributed by atoms with E-state index in [-0.39, 0.29) is 12.2 Å². The summed E-state index contributed by atoms with van der Waals surface area (Å²) in [6.45, 7) is 5.15. The second-order valence-electron chi connectivity index (χ2n) is 10.4. The molecular weight excluding hydrogens is 510 g/mol. The summed E-state index contributed by atoms with van der Waals surface area (Å²) in [4.78, 5) is 36.4. The molecule has 3 fully saturated rings. The molecule has 4 rings (SSSR count). The van der Waals surface area contributed by atoms with Gasteiger partial charge in [-0.3, -0.25) is 4.79 Å². The molecule has 0 aliphatic heterocycles. The number of ether oxygens (including phenoxy) is 2. The zero-order valence-corrected chi connectivity index (χ0v) is 21.4. The van der Waals surface area contributed by atoms with Gasteiger partial charge in [-0.25, -0.2) is 14.0 Å². The second-order valence-corrected chi connectivity index (χ2v) is 11.7. The molecule has 4 aliphatic carbocycles. The fourth-order valence-corrected chi connectivity index (χ4v) is 7.77. The van der Waals surface area contributed by atoms with Gasteiger partial charge >= 0.3 is 11.9 Å². The molecule has 1 N–H and O–H groups in total. The Balaban J connectivity index is 1.84. The molecule has 34 heavy (non-hydrogen) atoms. The lowest BCUT2D eigenvalue weighted by molar-refractivity contribution is -0.235. The first-order valence-electron chi connectivity index (χ1n) is 11.3. The minimum atomic E-state index is -2.09. The molecular formula is C24H28Cl3FO6. The Morgan fingerprint density at radius 3 is 2.59 bits per heavy atom. The van der Waals surface area contributed by atoms with Crippen molar-refractivity contribution in [1.82, 2.24) is 0 Å². The highest BCUT2D eigenvalue weighted by Gasteiger charge is 2.78. The smallest absolute Gasteiger partial charge is 0.352 e. The monoisotopic (exact) mass is 536 g/mol. The molecule has 0 unspecified atom stereocenters. The molecule has 0 saturated heterocycles. The van der Waals surface area contributed by atoms with E-state index >= 15 is 4.39 Å². The molecule has 0 radical (unpaired) electrons. The van der Waals surface area contributed by atoms with E-state index in [0.717, 1.165) is 0 Å². The molecule has 0 heterocycles. The third-order valence-electron chi connectivity index (χ3n) is 9.11. The number of carbonyl (C=O) groups is 3. The highest BCUT2D eigenvalue weighted by atomic mass is 35.5. The van der Waals surface area contributed by atoms with Crippen LogP contribution in [0.1, 0.15) is 46.5 Å². The topological polar surface area (TPSA) is 89.9 Å². The molecule has 6 nitrogen and oxygen atoms in total. The molecule has 10 heteroatoms. The first-order chi connectivity index (χ1) is 15.8. The van der Waals surface area contributed by atoms with Crippen molar-refractivity contribution in [2.75, 3.05) is 6.07 Å². The SMILES string of the molecule is C[C@H]1C[C@H]2[C@@H]3CCC4=CC(=O)C=C[C@]4(C)[C@@]3(F)[C@@H](O)C[C@]2(C)[C@@]1(OC(=O)C(Cl)Cl)C(=O)OCCl. The van der Waals surface area contributed by atoms with Gasteiger partial charge in [0.1, 0.15) is 0 Å². The quantitative estimate of drug-likeness (QED) is 0.422. The summed E-state index contributed by atoms with van der Waals surface area (Å²) in [7, 11) is 0. The zero-order chi connectivity index (χ0) is 25.3. The molecule has 3 saturated carbocycles. The molecule has 0 spiro atoms. The van der Waals surface area contributed by atoms with Crippen LogP contribution in [0.2, 0.25) is 0 Å². The van der Waals surface area contributed by atoms with E-state index in [4.69, 9.17) is 44.3 Å². The van der Waals surface area contributed by atoms with E-state index in [2.05, 4.69) is 0 Å². The highest BCUT2D eigenvalue weighted by molar-refractivity contribution is 6.53. The average Bonchev–Trinajstić information content (AvgIpc) is 2.97. The van der Waals surface area contributed by atoms with Crippen molar-refractivity contribution in [2.24, 2.45) is 28.6 Å². The lowest BCUT2D eigenvalue weighted by Crippen LogP contribution is -2.70. The number of esters is 2. The Bertz CT molecular complexity index is 984. The predicted octanol–water partition coefficient (Wildman–Crippen LogP) is 4.43. The fraction of sp³-hybridized carbons (Fsp3) is 0.708. The highest BCUT2D eigenvalue weighted by Crippen LogP contribution is 2.71. The molecule has 4 aliphatic rings. The fourth-order valence-electron chi connectivity index (χ4n) is 7.58. The molecule has 0 aromatic carbocycles. The standard InChI is InChI=1S/C24H28Cl3FO6/c1-12-8-16-15-5-4-13-9-14(29)6-7-21(13,2)23(15,28)17(30)10-22(16,3)24(12,20(32)33-11-25)34-19(31)18(26)27/h6-7,9,12,15-18,30H,4-5,8,10-11H2,1-3H3/t12-,15-,16-,17-,21-,22-,23-,24-/m0/s1. The van der Waals surface area contributed by atoms with E-state index in [0.29, 0.717) is 24.8 Å². The molecule has 0 aromatic rings. The largest absolute Gasteiger partial charge is 0.446 e. The predicted molar refractivity (Wildman–Crippen MR) is 124 cm³/mol. The number of fused-ring (bicyclic) bond motifs is 5. The zero-order valence-electron chi connectivity index (χ0n) is 19.2. The molecule has 188 valence electrons. The molecule has 8 atom stereocenters. The van der Waals surface area contributed by atoms with Crippen molar-refractivity contribution in [3.63, 3.8) is 0 Å². The molecule has 0 aromatic heterocycles. The summed E-state index contributed by atoms with van der Waals surface area (Å²) in [6.07, 6.45) is 3.85. The van der Waals surface area contributed by atoms with Crippen LogP contribution in [0.3, 0.4) is 0 Å². The first kappa shape index (κ1) is 25.9. The third kappa shape index (κ3) is 3.19. The van der Waals surface area contributed by atoms with Gasteiger partial charge in [-0.15, -0.1) is 0 Å². The van der Waals surface area contributed by atoms with Gasteiger partial charge in [0.15, 0.2) is 17.5 Å². The van der Waals surface area contributed by atoms with Gasteiger partial charge in [-0.2, -0.15) is 0 Å². The van der Waals surface area contributed by atoms with E-state index in [1.165, 1.54) is 12.2 Å². The van der Waals surface area contributed by atoms with Gasteiger partial charge in [0, 0.05) is 22.7 Å². The number of hydrogen-bond donors (Lipinski definition) is 1. The maximum absolute atomic E-state index is 17.2. The number of rotatable bonds is 4. The minimum Gasteiger partial charge on any atom is -0.446 e. The number of aliphatic hydroxyl groups is 1. The number of carbonyl (C=O) groups excluding carboxylic acids is 3. The number of ketones is 1. The van der Waals surface area contributed by atoms with E-state index in [9.17, 15) is 19.5 Å². The van der Waals surface area contributed by atoms with Crippen molar-refractivity contribution in [3.05, 3.63) is 23.8 Å². The van der Waals surface area contributed by atoms with Crippen LogP contribution in [0, 0.1) is 28.6 Å². The summed E-state index contributed by atoms with van der Waals surface area (Å²) in [5.41, 5.74) is -5.65. The van der Waals surface area contributed by atoms with Crippen molar-refractivity contribution in [2.45, 2.75) is 68.7 Å². The lowest BCUT2D eigenvalue weighted by Gasteiger charge is -2.62. The van der Waals surface area contributed by atoms with Crippen LogP contribution in [0.5, 0.6) is 0 Å². The lowest BCUT2D eigenvalue weighted by atomic mass is 9.44. The van der Waals surface area contributed by atoms with Crippen molar-refractivity contribution in [3.8, 4) is 0 Å². The van der Waals surface area contributed by atoms with Gasteiger partial charge in [0.2, 0.25) is 10.4 Å². The van der Waals surface area contributed by atoms with Crippen LogP contribution in [0.4, 0.5) is 4.39 Å². The number of alkyl halides is 4. The molecule has 0 amide bonds. The summed E-state index contributed by atoms with van der Waals surface area (Å²) in [5.74, 6) is -3.80. The summed E-state index contributed by atoms with van der Waals surface area (Å²) in [5, 5.41) is 11.4. The van der Waals surface area contributed by atoms with Crippen LogP contribution in [-0.2, 0) is 23.9 Å². The van der Waals surface area contributed by atoms with Crippen molar-refractivity contribution >= 4 is 52.5 Å². The number of allylic oxidation sites excluding steroid dienone is 4. The second kappa shape index (κ2) is 8.46. The Morgan fingerprint density at radius 2 is 1.97 bits per heavy atom. The van der Waals surface area contributed by atoms with Gasteiger partial charge < -0.3 is 14.6 Å². The van der Waals surface area contributed by atoms with Crippen LogP contribution in [0.25, 0.3) is 0 Å². The van der Waals surface area contributed by atoms with Crippen LogP contribution in [-0.4, -0.2) is 51.1 Å². The number of aliphatic hydroxyl groups excluding tert-OH is 1. The van der Waals surface area contributed by atoms with Gasteiger partial charge in [-0.05, 0) is 50.7 Å². The number of hydrogen-bond acceptors (Lipinski definition) is 6. The van der Waals surface area contributed by atoms with Gasteiger partial charge in [0.05, 0.1) is 6.10 Å². The third-order valence-corrected chi connectivity index (χ3v) is 9.58. The summed E-state index contributed by atoms with van der Waals surface area (Å²) >= 11 is 17.2. The Labute approximate surface area is 212 Å². The van der Waals surface area contributed by atoms with Crippen LogP contribution < -0.4 is 0 Å². The van der Waals surface area contributed by atoms with Crippen LogP contribution >= 0.6 is 34.8 Å². The van der Waals surface area contributed by atoms with E-state index < -0.39 is 68.8 Å². The van der Waals surface area contributed by atoms with Gasteiger partial charge in [-0.1, -0.05) is 60.3 Å². The Kier molecular flexibility index (Phi) is 6.45. The van der Waals surface area contributed by atoms with Crippen molar-refractivity contribution < 1.29 is 33.4 Å². The number of halogens is 4. The Hall–Kier alpha value is -1.15. The molecule has 0 bridgehead atoms. The normalized spacial score (nSPS) is 45.2. The Morgan fingerprint density at radius 1 is 1.29 bits per heavy atom. The summed E-state index contributed by atoms with van der Waals surface area (Å²) in [6, 6.07) is -0.471. The maximum Gasteiger partial charge on any atom is 0.352 e. The maximum atomic E-state index is 17.2. The van der Waals surface area contributed by atoms with Crippen molar-refractivity contribution in [1.29, 1.82) is 0 Å². The minimum absolute atomic E-state index is 0.181. The van der Waals surface area contributed by atoms with Crippen LogP contribution in [0.15, 0.2) is 23.8 Å². The average molecular weight is 538 g/mol. The van der Waals surface area contributed by atoms with E-state index in [1.54, 1.807) is 26.8 Å². The van der Waals surface area contributed by atoms with Gasteiger partial charge in [0.25, 0.3) is 0 Å². The van der Waals surface area contributed by atoms with E-state index in [1.807, 2.05) is 0 Å². The first-order valence-corrected chi connectivity index (χ1v) is 12.8.